The Hall–Kier alpha value is -1.59. The lowest BCUT2D eigenvalue weighted by atomic mass is 9.95. The molecule has 0 spiro atoms. The van der Waals surface area contributed by atoms with E-state index in [9.17, 15) is 4.79 Å². The summed E-state index contributed by atoms with van der Waals surface area (Å²) in [7, 11) is 0. The maximum Gasteiger partial charge on any atom is 0.211 e. The van der Waals surface area contributed by atoms with Crippen LogP contribution in [0.15, 0.2) is 40.3 Å². The SMILES string of the molecule is O=c1c2c(sc3c1nc(SCc1ccccc1)n3C1CCCCC1)CCCC2. The fourth-order valence-electron chi connectivity index (χ4n) is 4.62. The highest BCUT2D eigenvalue weighted by Crippen LogP contribution is 2.38. The summed E-state index contributed by atoms with van der Waals surface area (Å²) in [6.07, 6.45) is 10.7. The highest BCUT2D eigenvalue weighted by Gasteiger charge is 2.26. The van der Waals surface area contributed by atoms with E-state index in [-0.39, 0.29) is 5.43 Å². The van der Waals surface area contributed by atoms with Gasteiger partial charge in [0.25, 0.3) is 0 Å². The average molecular weight is 411 g/mol. The van der Waals surface area contributed by atoms with Gasteiger partial charge in [0.15, 0.2) is 5.16 Å². The standard InChI is InChI=1S/C23H26N2OS2/c26-21-18-13-7-8-14-19(18)28-22-20(21)24-23(25(22)17-11-5-2-6-12-17)27-15-16-9-3-1-4-10-16/h1,3-4,9-10,17H,2,5-8,11-15H2. The number of hydrogen-bond donors (Lipinski definition) is 0. The molecule has 0 bridgehead atoms. The van der Waals surface area contributed by atoms with Gasteiger partial charge in [-0.05, 0) is 44.1 Å². The normalized spacial score (nSPS) is 17.7. The smallest absolute Gasteiger partial charge is 0.211 e. The molecular weight excluding hydrogens is 384 g/mol. The highest BCUT2D eigenvalue weighted by atomic mass is 32.2. The molecule has 3 aromatic rings. The van der Waals surface area contributed by atoms with Crippen molar-refractivity contribution < 1.29 is 0 Å². The summed E-state index contributed by atoms with van der Waals surface area (Å²) in [5.41, 5.74) is 3.29. The van der Waals surface area contributed by atoms with Crippen molar-refractivity contribution in [1.82, 2.24) is 9.55 Å². The van der Waals surface area contributed by atoms with Crippen molar-refractivity contribution in [2.45, 2.75) is 74.7 Å². The molecule has 0 saturated heterocycles. The van der Waals surface area contributed by atoms with Crippen molar-refractivity contribution >= 4 is 33.4 Å². The lowest BCUT2D eigenvalue weighted by Crippen LogP contribution is -2.17. The van der Waals surface area contributed by atoms with Gasteiger partial charge in [-0.15, -0.1) is 11.3 Å². The summed E-state index contributed by atoms with van der Waals surface area (Å²) in [4.78, 5) is 20.6. The van der Waals surface area contributed by atoms with E-state index in [0.717, 1.165) is 46.1 Å². The van der Waals surface area contributed by atoms with Crippen LogP contribution >= 0.6 is 23.1 Å². The van der Waals surface area contributed by atoms with E-state index in [1.165, 1.54) is 49.0 Å². The molecule has 2 aliphatic carbocycles. The number of hydrogen-bond acceptors (Lipinski definition) is 4. The largest absolute Gasteiger partial charge is 0.307 e. The Labute approximate surface area is 174 Å². The molecule has 1 saturated carbocycles. The van der Waals surface area contributed by atoms with Gasteiger partial charge >= 0.3 is 0 Å². The van der Waals surface area contributed by atoms with Gasteiger partial charge in [0, 0.05) is 22.2 Å². The highest BCUT2D eigenvalue weighted by molar-refractivity contribution is 7.98. The van der Waals surface area contributed by atoms with Crippen LogP contribution in [0.4, 0.5) is 0 Å². The van der Waals surface area contributed by atoms with Crippen LogP contribution in [0.5, 0.6) is 0 Å². The Morgan fingerprint density at radius 3 is 2.64 bits per heavy atom. The van der Waals surface area contributed by atoms with Crippen LogP contribution in [0.25, 0.3) is 10.3 Å². The van der Waals surface area contributed by atoms with Gasteiger partial charge in [0.1, 0.15) is 10.3 Å². The predicted molar refractivity (Wildman–Crippen MR) is 119 cm³/mol. The lowest BCUT2D eigenvalue weighted by molar-refractivity contribution is 0.344. The molecule has 5 rings (SSSR count). The van der Waals surface area contributed by atoms with Gasteiger partial charge < -0.3 is 4.57 Å². The molecule has 3 nitrogen and oxygen atoms in total. The van der Waals surface area contributed by atoms with Crippen molar-refractivity contribution in [3.8, 4) is 0 Å². The molecule has 0 radical (unpaired) electrons. The molecular formula is C23H26N2OS2. The maximum atomic E-state index is 13.2. The minimum Gasteiger partial charge on any atom is -0.307 e. The maximum absolute atomic E-state index is 13.2. The van der Waals surface area contributed by atoms with Crippen LogP contribution in [0, 0.1) is 0 Å². The van der Waals surface area contributed by atoms with Crippen LogP contribution in [-0.4, -0.2) is 9.55 Å². The van der Waals surface area contributed by atoms with Crippen molar-refractivity contribution in [2.24, 2.45) is 0 Å². The fourth-order valence-corrected chi connectivity index (χ4v) is 7.07. The molecule has 0 N–H and O–H groups in total. The monoisotopic (exact) mass is 410 g/mol. The Morgan fingerprint density at radius 1 is 1.04 bits per heavy atom. The molecule has 0 amide bonds. The van der Waals surface area contributed by atoms with Gasteiger partial charge in [-0.25, -0.2) is 4.98 Å². The first kappa shape index (κ1) is 18.4. The third-order valence-corrected chi connectivity index (χ3v) is 8.42. The molecule has 28 heavy (non-hydrogen) atoms. The Bertz CT molecular complexity index is 1030. The topological polar surface area (TPSA) is 34.9 Å². The number of aryl methyl sites for hydroxylation is 1. The van der Waals surface area contributed by atoms with Crippen molar-refractivity contribution in [1.29, 1.82) is 0 Å². The van der Waals surface area contributed by atoms with Gasteiger partial charge in [-0.1, -0.05) is 61.4 Å². The Balaban J connectivity index is 1.60. The van der Waals surface area contributed by atoms with E-state index >= 15 is 0 Å². The minimum absolute atomic E-state index is 0.208. The zero-order valence-corrected chi connectivity index (χ0v) is 17.8. The molecule has 0 aliphatic heterocycles. The zero-order valence-electron chi connectivity index (χ0n) is 16.2. The molecule has 5 heteroatoms. The van der Waals surface area contributed by atoms with Crippen LogP contribution in [0.1, 0.15) is 67.0 Å². The molecule has 0 atom stereocenters. The molecule has 1 aromatic carbocycles. The second-order valence-corrected chi connectivity index (χ2v) is 10.1. The molecule has 2 aromatic heterocycles. The fraction of sp³-hybridized carbons (Fsp3) is 0.478. The van der Waals surface area contributed by atoms with Gasteiger partial charge in [-0.3, -0.25) is 4.79 Å². The van der Waals surface area contributed by atoms with Gasteiger partial charge in [0.05, 0.1) is 0 Å². The summed E-state index contributed by atoms with van der Waals surface area (Å²) < 4.78 is 2.45. The van der Waals surface area contributed by atoms with Gasteiger partial charge in [-0.2, -0.15) is 0 Å². The van der Waals surface area contributed by atoms with Crippen molar-refractivity contribution in [3.05, 3.63) is 56.6 Å². The summed E-state index contributed by atoms with van der Waals surface area (Å²) >= 11 is 3.64. The van der Waals surface area contributed by atoms with Crippen LogP contribution in [0.3, 0.4) is 0 Å². The number of aromatic nitrogens is 2. The lowest BCUT2D eigenvalue weighted by Gasteiger charge is -2.25. The summed E-state index contributed by atoms with van der Waals surface area (Å²) in [5.74, 6) is 0.898. The number of fused-ring (bicyclic) bond motifs is 2. The van der Waals surface area contributed by atoms with E-state index in [4.69, 9.17) is 4.98 Å². The predicted octanol–water partition coefficient (Wildman–Crippen LogP) is 6.13. The van der Waals surface area contributed by atoms with E-state index in [1.54, 1.807) is 11.8 Å². The summed E-state index contributed by atoms with van der Waals surface area (Å²) in [6, 6.07) is 11.1. The quantitative estimate of drug-likeness (QED) is 0.485. The van der Waals surface area contributed by atoms with Crippen LogP contribution < -0.4 is 5.43 Å². The Kier molecular flexibility index (Phi) is 5.29. The summed E-state index contributed by atoms with van der Waals surface area (Å²) in [5, 5.41) is 1.04. The first-order chi connectivity index (χ1) is 13.8. The van der Waals surface area contributed by atoms with Crippen LogP contribution in [-0.2, 0) is 18.6 Å². The van der Waals surface area contributed by atoms with Crippen molar-refractivity contribution in [2.75, 3.05) is 0 Å². The number of thioether (sulfide) groups is 1. The number of benzene rings is 1. The number of rotatable bonds is 4. The first-order valence-corrected chi connectivity index (χ1v) is 12.3. The molecule has 2 aliphatic rings. The Morgan fingerprint density at radius 2 is 1.82 bits per heavy atom. The third kappa shape index (κ3) is 3.43. The van der Waals surface area contributed by atoms with E-state index in [1.807, 2.05) is 11.3 Å². The van der Waals surface area contributed by atoms with Gasteiger partial charge in [0.2, 0.25) is 5.43 Å². The molecule has 0 unspecified atom stereocenters. The van der Waals surface area contributed by atoms with E-state index < -0.39 is 0 Å². The minimum atomic E-state index is 0.208. The van der Waals surface area contributed by atoms with E-state index in [2.05, 4.69) is 34.9 Å². The average Bonchev–Trinajstić information content (AvgIpc) is 3.12. The molecule has 146 valence electrons. The second kappa shape index (κ2) is 8.03. The zero-order chi connectivity index (χ0) is 18.9. The number of imidazole rings is 1. The first-order valence-electron chi connectivity index (χ1n) is 10.5. The molecule has 1 fully saturated rings. The van der Waals surface area contributed by atoms with E-state index in [0.29, 0.717) is 6.04 Å². The summed E-state index contributed by atoms with van der Waals surface area (Å²) in [6.45, 7) is 0. The second-order valence-electron chi connectivity index (χ2n) is 8.02. The molecule has 2 heterocycles. The van der Waals surface area contributed by atoms with Crippen molar-refractivity contribution in [3.63, 3.8) is 0 Å². The number of nitrogens with zero attached hydrogens (tertiary/aromatic N) is 2. The third-order valence-electron chi connectivity index (χ3n) is 6.11. The van der Waals surface area contributed by atoms with Crippen LogP contribution in [0.2, 0.25) is 0 Å².